The van der Waals surface area contributed by atoms with Crippen molar-refractivity contribution in [1.29, 1.82) is 0 Å². The number of rotatable bonds is 8. The van der Waals surface area contributed by atoms with Crippen molar-refractivity contribution in [1.82, 2.24) is 10.2 Å². The van der Waals surface area contributed by atoms with Crippen LogP contribution < -0.4 is 5.32 Å². The quantitative estimate of drug-likeness (QED) is 0.462. The average molecular weight is 391 g/mol. The van der Waals surface area contributed by atoms with Gasteiger partial charge in [-0.2, -0.15) is 0 Å². The summed E-state index contributed by atoms with van der Waals surface area (Å²) in [6.07, 6.45) is 3.60. The molecule has 2 aromatic carbocycles. The Balaban J connectivity index is 1.48. The van der Waals surface area contributed by atoms with Crippen LogP contribution in [0.5, 0.6) is 0 Å². The minimum Gasteiger partial charge on any atom is -0.463 e. The summed E-state index contributed by atoms with van der Waals surface area (Å²) in [7, 11) is 0. The Hall–Kier alpha value is -3.74. The minimum absolute atomic E-state index is 0.153. The monoisotopic (exact) mass is 391 g/mol. The van der Waals surface area contributed by atoms with Gasteiger partial charge in [0.15, 0.2) is 0 Å². The summed E-state index contributed by atoms with van der Waals surface area (Å²) in [5.74, 6) is 0.312. The van der Waals surface area contributed by atoms with Crippen molar-refractivity contribution < 1.29 is 18.7 Å². The lowest BCUT2D eigenvalue weighted by Gasteiger charge is -2.04. The number of ether oxygens (including phenoxy) is 1. The first-order chi connectivity index (χ1) is 14.1. The Morgan fingerprint density at radius 3 is 2.55 bits per heavy atom. The molecule has 1 N–H and O–H groups in total. The van der Waals surface area contributed by atoms with E-state index >= 15 is 0 Å². The third kappa shape index (κ3) is 6.14. The van der Waals surface area contributed by atoms with E-state index in [1.807, 2.05) is 30.3 Å². The van der Waals surface area contributed by atoms with Crippen LogP contribution in [-0.2, 0) is 20.7 Å². The molecular formula is C22H21N3O4. The lowest BCUT2D eigenvalue weighted by molar-refractivity contribution is -0.137. The summed E-state index contributed by atoms with van der Waals surface area (Å²) in [6, 6.07) is 16.6. The predicted molar refractivity (Wildman–Crippen MR) is 109 cm³/mol. The second kappa shape index (κ2) is 9.98. The number of aromatic nitrogens is 2. The van der Waals surface area contributed by atoms with E-state index in [1.165, 1.54) is 6.08 Å². The number of nitrogens with zero attached hydrogens (tertiary/aromatic N) is 2. The Labute approximate surface area is 168 Å². The molecule has 0 saturated carbocycles. The molecule has 0 atom stereocenters. The van der Waals surface area contributed by atoms with Crippen LogP contribution in [-0.4, -0.2) is 28.7 Å². The number of hydrogen-bond donors (Lipinski definition) is 1. The van der Waals surface area contributed by atoms with Gasteiger partial charge in [0, 0.05) is 30.2 Å². The maximum absolute atomic E-state index is 12.2. The van der Waals surface area contributed by atoms with Gasteiger partial charge in [0.1, 0.15) is 0 Å². The standard InChI is InChI=1S/C22H21N3O4/c1-2-28-21(27)15-10-16-8-11-18(12-9-16)23-19(26)13-14-20-24-25-22(29-20)17-6-4-3-5-7-17/h3-12,15H,2,13-14H2,1H3,(H,23,26)/b15-10+. The lowest BCUT2D eigenvalue weighted by Crippen LogP contribution is -2.12. The summed E-state index contributed by atoms with van der Waals surface area (Å²) >= 11 is 0. The van der Waals surface area contributed by atoms with Crippen molar-refractivity contribution in [3.8, 4) is 11.5 Å². The normalized spacial score (nSPS) is 10.8. The SMILES string of the molecule is CCOC(=O)/C=C/c1ccc(NC(=O)CCc2nnc(-c3ccccc3)o2)cc1. The molecule has 0 bridgehead atoms. The van der Waals surface area contributed by atoms with Crippen molar-refractivity contribution in [2.45, 2.75) is 19.8 Å². The zero-order chi connectivity index (χ0) is 20.5. The molecule has 1 aromatic heterocycles. The molecular weight excluding hydrogens is 370 g/mol. The van der Waals surface area contributed by atoms with E-state index in [0.29, 0.717) is 30.5 Å². The molecule has 29 heavy (non-hydrogen) atoms. The predicted octanol–water partition coefficient (Wildman–Crippen LogP) is 3.88. The second-order valence-corrected chi connectivity index (χ2v) is 6.12. The summed E-state index contributed by atoms with van der Waals surface area (Å²) in [4.78, 5) is 23.5. The molecule has 3 rings (SSSR count). The number of nitrogens with one attached hydrogen (secondary N) is 1. The van der Waals surface area contributed by atoms with E-state index in [2.05, 4.69) is 15.5 Å². The third-order valence-corrected chi connectivity index (χ3v) is 3.95. The molecule has 0 aliphatic rings. The summed E-state index contributed by atoms with van der Waals surface area (Å²) in [6.45, 7) is 2.09. The summed E-state index contributed by atoms with van der Waals surface area (Å²) < 4.78 is 10.4. The van der Waals surface area contributed by atoms with Gasteiger partial charge in [0.25, 0.3) is 0 Å². The van der Waals surface area contributed by atoms with Crippen molar-refractivity contribution in [3.63, 3.8) is 0 Å². The van der Waals surface area contributed by atoms with Crippen LogP contribution in [0.25, 0.3) is 17.5 Å². The van der Waals surface area contributed by atoms with Gasteiger partial charge >= 0.3 is 5.97 Å². The largest absolute Gasteiger partial charge is 0.463 e. The van der Waals surface area contributed by atoms with Crippen LogP contribution in [0.1, 0.15) is 24.8 Å². The first kappa shape index (κ1) is 20.0. The van der Waals surface area contributed by atoms with Crippen LogP contribution >= 0.6 is 0 Å². The van der Waals surface area contributed by atoms with Crippen LogP contribution in [0.15, 0.2) is 65.1 Å². The van der Waals surface area contributed by atoms with Crippen molar-refractivity contribution in [2.24, 2.45) is 0 Å². The van der Waals surface area contributed by atoms with Gasteiger partial charge in [-0.3, -0.25) is 4.79 Å². The van der Waals surface area contributed by atoms with Gasteiger partial charge in [-0.05, 0) is 42.8 Å². The topological polar surface area (TPSA) is 94.3 Å². The van der Waals surface area contributed by atoms with Crippen molar-refractivity contribution >= 4 is 23.6 Å². The van der Waals surface area contributed by atoms with Gasteiger partial charge in [0.2, 0.25) is 17.7 Å². The highest BCUT2D eigenvalue weighted by molar-refractivity contribution is 5.91. The number of benzene rings is 2. The minimum atomic E-state index is -0.388. The Bertz CT molecular complexity index is 979. The van der Waals surface area contributed by atoms with E-state index in [-0.39, 0.29) is 18.3 Å². The fourth-order valence-corrected chi connectivity index (χ4v) is 2.53. The number of esters is 1. The number of aryl methyl sites for hydroxylation is 1. The van der Waals surface area contributed by atoms with E-state index < -0.39 is 0 Å². The second-order valence-electron chi connectivity index (χ2n) is 6.12. The van der Waals surface area contributed by atoms with Gasteiger partial charge in [-0.25, -0.2) is 4.79 Å². The third-order valence-electron chi connectivity index (χ3n) is 3.95. The van der Waals surface area contributed by atoms with E-state index in [1.54, 1.807) is 37.3 Å². The molecule has 7 heteroatoms. The highest BCUT2D eigenvalue weighted by Crippen LogP contribution is 2.18. The van der Waals surface area contributed by atoms with E-state index in [9.17, 15) is 9.59 Å². The van der Waals surface area contributed by atoms with Crippen molar-refractivity contribution in [2.75, 3.05) is 11.9 Å². The molecule has 148 valence electrons. The molecule has 0 fully saturated rings. The fraction of sp³-hybridized carbons (Fsp3) is 0.182. The van der Waals surface area contributed by atoms with Crippen LogP contribution in [0.2, 0.25) is 0 Å². The van der Waals surface area contributed by atoms with Crippen LogP contribution in [0.3, 0.4) is 0 Å². The zero-order valence-electron chi connectivity index (χ0n) is 16.0. The van der Waals surface area contributed by atoms with Gasteiger partial charge in [-0.15, -0.1) is 10.2 Å². The maximum atomic E-state index is 12.2. The van der Waals surface area contributed by atoms with Gasteiger partial charge < -0.3 is 14.5 Å². The Morgan fingerprint density at radius 1 is 1.07 bits per heavy atom. The highest BCUT2D eigenvalue weighted by atomic mass is 16.5. The average Bonchev–Trinajstić information content (AvgIpc) is 3.22. The van der Waals surface area contributed by atoms with Crippen molar-refractivity contribution in [3.05, 3.63) is 72.1 Å². The number of carbonyl (C=O) groups is 2. The number of anilines is 1. The molecule has 3 aromatic rings. The Morgan fingerprint density at radius 2 is 1.83 bits per heavy atom. The van der Waals surface area contributed by atoms with Gasteiger partial charge in [0.05, 0.1) is 6.61 Å². The van der Waals surface area contributed by atoms with E-state index in [0.717, 1.165) is 11.1 Å². The number of carbonyl (C=O) groups excluding carboxylic acids is 2. The first-order valence-electron chi connectivity index (χ1n) is 9.26. The van der Waals surface area contributed by atoms with Crippen LogP contribution in [0.4, 0.5) is 5.69 Å². The lowest BCUT2D eigenvalue weighted by atomic mass is 10.2. The fourth-order valence-electron chi connectivity index (χ4n) is 2.53. The molecule has 7 nitrogen and oxygen atoms in total. The summed E-state index contributed by atoms with van der Waals surface area (Å²) in [5.41, 5.74) is 2.34. The smallest absolute Gasteiger partial charge is 0.330 e. The molecule has 0 aliphatic heterocycles. The molecule has 0 unspecified atom stereocenters. The molecule has 0 radical (unpaired) electrons. The Kier molecular flexibility index (Phi) is 6.89. The van der Waals surface area contributed by atoms with Gasteiger partial charge in [-0.1, -0.05) is 30.3 Å². The number of amides is 1. The highest BCUT2D eigenvalue weighted by Gasteiger charge is 2.10. The molecule has 0 aliphatic carbocycles. The molecule has 1 heterocycles. The summed E-state index contributed by atoms with van der Waals surface area (Å²) in [5, 5.41) is 10.8. The molecule has 0 saturated heterocycles. The molecule has 1 amide bonds. The zero-order valence-corrected chi connectivity index (χ0v) is 16.0. The maximum Gasteiger partial charge on any atom is 0.330 e. The first-order valence-corrected chi connectivity index (χ1v) is 9.26. The van der Waals surface area contributed by atoms with E-state index in [4.69, 9.17) is 9.15 Å². The number of hydrogen-bond acceptors (Lipinski definition) is 6. The molecule has 0 spiro atoms. The van der Waals surface area contributed by atoms with Crippen LogP contribution in [0, 0.1) is 0 Å².